The summed E-state index contributed by atoms with van der Waals surface area (Å²) in [6.45, 7) is 1.53. The lowest BCUT2D eigenvalue weighted by atomic mass is 10.2. The molecule has 6 nitrogen and oxygen atoms in total. The van der Waals surface area contributed by atoms with E-state index in [1.165, 1.54) is 0 Å². The molecule has 1 fully saturated rings. The molecule has 1 atom stereocenters. The van der Waals surface area contributed by atoms with Gasteiger partial charge in [-0.15, -0.1) is 6.42 Å². The Balaban J connectivity index is 2.47. The number of rotatable bonds is 4. The number of carbonyl (C=O) groups excluding carboxylic acids is 2. The number of nitrogens with zero attached hydrogens (tertiary/aromatic N) is 1. The maximum absolute atomic E-state index is 11.4. The van der Waals surface area contributed by atoms with E-state index in [4.69, 9.17) is 16.9 Å². The van der Waals surface area contributed by atoms with E-state index < -0.39 is 11.9 Å². The first-order valence-electron chi connectivity index (χ1n) is 4.96. The lowest BCUT2D eigenvalue weighted by Gasteiger charge is -2.32. The first kappa shape index (κ1) is 12.5. The summed E-state index contributed by atoms with van der Waals surface area (Å²) in [5.74, 6) is 1.60. The molecule has 1 saturated heterocycles. The van der Waals surface area contributed by atoms with Gasteiger partial charge in [-0.25, -0.2) is 0 Å². The first-order chi connectivity index (χ1) is 7.65. The molecule has 1 aliphatic heterocycles. The number of amides is 2. The summed E-state index contributed by atoms with van der Waals surface area (Å²) >= 11 is 0. The molecule has 0 aromatic heterocycles. The maximum Gasteiger partial charge on any atom is 0.237 e. The van der Waals surface area contributed by atoms with Crippen LogP contribution in [0.15, 0.2) is 0 Å². The Morgan fingerprint density at radius 1 is 1.62 bits per heavy atom. The molecule has 1 rings (SSSR count). The predicted molar refractivity (Wildman–Crippen MR) is 57.2 cm³/mol. The van der Waals surface area contributed by atoms with Crippen molar-refractivity contribution in [2.45, 2.75) is 6.04 Å². The van der Waals surface area contributed by atoms with E-state index in [1.807, 2.05) is 0 Å². The van der Waals surface area contributed by atoms with Gasteiger partial charge >= 0.3 is 0 Å². The van der Waals surface area contributed by atoms with Crippen LogP contribution in [-0.4, -0.2) is 55.6 Å². The molecular weight excluding hydrogens is 210 g/mol. The number of nitrogens with two attached hydrogens (primary N) is 1. The minimum atomic E-state index is -0.537. The summed E-state index contributed by atoms with van der Waals surface area (Å²) in [5.41, 5.74) is 5.21. The second-order valence-electron chi connectivity index (χ2n) is 3.44. The molecule has 0 aromatic rings. The van der Waals surface area contributed by atoms with E-state index in [2.05, 4.69) is 11.2 Å². The number of terminal acetylenes is 1. The van der Waals surface area contributed by atoms with Gasteiger partial charge in [0.1, 0.15) is 6.04 Å². The first-order valence-corrected chi connectivity index (χ1v) is 4.96. The van der Waals surface area contributed by atoms with Crippen LogP contribution in [0.5, 0.6) is 0 Å². The molecule has 1 unspecified atom stereocenters. The third kappa shape index (κ3) is 3.53. The number of carbonyl (C=O) groups is 2. The fourth-order valence-corrected chi connectivity index (χ4v) is 1.48. The summed E-state index contributed by atoms with van der Waals surface area (Å²) in [6.07, 6.45) is 5.01. The molecule has 88 valence electrons. The molecule has 6 heteroatoms. The fraction of sp³-hybridized carbons (Fsp3) is 0.600. The summed E-state index contributed by atoms with van der Waals surface area (Å²) in [4.78, 5) is 24.2. The highest BCUT2D eigenvalue weighted by molar-refractivity contribution is 5.82. The Labute approximate surface area is 94.1 Å². The molecular formula is C10H15N3O3. The molecule has 3 N–H and O–H groups in total. The maximum atomic E-state index is 11.4. The molecule has 0 aromatic carbocycles. The van der Waals surface area contributed by atoms with Crippen molar-refractivity contribution in [3.8, 4) is 12.3 Å². The van der Waals surface area contributed by atoms with Crippen LogP contribution in [0.1, 0.15) is 0 Å². The van der Waals surface area contributed by atoms with Crippen molar-refractivity contribution in [2.75, 3.05) is 32.8 Å². The van der Waals surface area contributed by atoms with E-state index in [0.717, 1.165) is 0 Å². The van der Waals surface area contributed by atoms with Crippen LogP contribution in [-0.2, 0) is 14.3 Å². The van der Waals surface area contributed by atoms with Crippen LogP contribution in [0.4, 0.5) is 0 Å². The molecule has 0 saturated carbocycles. The third-order valence-corrected chi connectivity index (χ3v) is 2.30. The second-order valence-corrected chi connectivity index (χ2v) is 3.44. The largest absolute Gasteiger partial charge is 0.378 e. The molecule has 0 radical (unpaired) electrons. The number of primary amides is 1. The Kier molecular flexibility index (Phi) is 4.76. The van der Waals surface area contributed by atoms with Crippen LogP contribution >= 0.6 is 0 Å². The van der Waals surface area contributed by atoms with Gasteiger partial charge in [0, 0.05) is 6.54 Å². The molecule has 1 aliphatic rings. The highest BCUT2D eigenvalue weighted by atomic mass is 16.5. The SMILES string of the molecule is C#CCNC(=O)CN1CCOCC1C(N)=O. The average Bonchev–Trinajstić information content (AvgIpc) is 2.27. The number of hydrogen-bond donors (Lipinski definition) is 2. The van der Waals surface area contributed by atoms with E-state index in [-0.39, 0.29) is 25.6 Å². The van der Waals surface area contributed by atoms with Crippen molar-refractivity contribution in [1.82, 2.24) is 10.2 Å². The molecule has 0 bridgehead atoms. The van der Waals surface area contributed by atoms with Crippen LogP contribution in [0, 0.1) is 12.3 Å². The van der Waals surface area contributed by atoms with Crippen LogP contribution in [0.2, 0.25) is 0 Å². The fourth-order valence-electron chi connectivity index (χ4n) is 1.48. The van der Waals surface area contributed by atoms with Crippen molar-refractivity contribution in [1.29, 1.82) is 0 Å². The van der Waals surface area contributed by atoms with Crippen molar-refractivity contribution >= 4 is 11.8 Å². The van der Waals surface area contributed by atoms with Crippen LogP contribution in [0.3, 0.4) is 0 Å². The lowest BCUT2D eigenvalue weighted by molar-refractivity contribution is -0.132. The minimum absolute atomic E-state index is 0.110. The monoisotopic (exact) mass is 225 g/mol. The highest BCUT2D eigenvalue weighted by Gasteiger charge is 2.28. The Morgan fingerprint density at radius 2 is 2.38 bits per heavy atom. The quantitative estimate of drug-likeness (QED) is 0.538. The lowest BCUT2D eigenvalue weighted by Crippen LogP contribution is -2.55. The molecule has 0 aliphatic carbocycles. The Bertz CT molecular complexity index is 311. The van der Waals surface area contributed by atoms with E-state index in [1.54, 1.807) is 4.90 Å². The van der Waals surface area contributed by atoms with Crippen molar-refractivity contribution < 1.29 is 14.3 Å². The molecule has 1 heterocycles. The van der Waals surface area contributed by atoms with Crippen molar-refractivity contribution in [3.05, 3.63) is 0 Å². The van der Waals surface area contributed by atoms with Gasteiger partial charge in [0.25, 0.3) is 0 Å². The average molecular weight is 225 g/mol. The zero-order valence-electron chi connectivity index (χ0n) is 8.94. The van der Waals surface area contributed by atoms with Crippen LogP contribution in [0.25, 0.3) is 0 Å². The molecule has 2 amide bonds. The molecule has 16 heavy (non-hydrogen) atoms. The second kappa shape index (κ2) is 6.10. The smallest absolute Gasteiger partial charge is 0.237 e. The topological polar surface area (TPSA) is 84.7 Å². The van der Waals surface area contributed by atoms with Gasteiger partial charge in [0.15, 0.2) is 0 Å². The zero-order valence-corrected chi connectivity index (χ0v) is 8.94. The number of ether oxygens (including phenoxy) is 1. The van der Waals surface area contributed by atoms with Gasteiger partial charge in [0.05, 0.1) is 26.3 Å². The van der Waals surface area contributed by atoms with E-state index in [0.29, 0.717) is 13.2 Å². The predicted octanol–water partition coefficient (Wildman–Crippen LogP) is -2.08. The molecule has 0 spiro atoms. The summed E-state index contributed by atoms with van der Waals surface area (Å²) in [6, 6.07) is -0.537. The number of hydrogen-bond acceptors (Lipinski definition) is 4. The summed E-state index contributed by atoms with van der Waals surface area (Å²) in [5, 5.41) is 2.53. The van der Waals surface area contributed by atoms with Gasteiger partial charge in [-0.1, -0.05) is 5.92 Å². The van der Waals surface area contributed by atoms with E-state index in [9.17, 15) is 9.59 Å². The van der Waals surface area contributed by atoms with Gasteiger partial charge in [-0.2, -0.15) is 0 Å². The van der Waals surface area contributed by atoms with E-state index >= 15 is 0 Å². The van der Waals surface area contributed by atoms with Gasteiger partial charge < -0.3 is 15.8 Å². The van der Waals surface area contributed by atoms with Gasteiger partial charge in [0.2, 0.25) is 11.8 Å². The number of morpholine rings is 1. The van der Waals surface area contributed by atoms with Gasteiger partial charge in [-0.05, 0) is 0 Å². The van der Waals surface area contributed by atoms with Crippen molar-refractivity contribution in [3.63, 3.8) is 0 Å². The highest BCUT2D eigenvalue weighted by Crippen LogP contribution is 2.05. The summed E-state index contributed by atoms with van der Waals surface area (Å²) < 4.78 is 5.13. The van der Waals surface area contributed by atoms with Crippen LogP contribution < -0.4 is 11.1 Å². The third-order valence-electron chi connectivity index (χ3n) is 2.30. The standard InChI is InChI=1S/C10H15N3O3/c1-2-3-12-9(14)6-13-4-5-16-7-8(13)10(11)15/h1,8H,3-7H2,(H2,11,15)(H,12,14). The van der Waals surface area contributed by atoms with Gasteiger partial charge in [-0.3, -0.25) is 14.5 Å². The normalized spacial score (nSPS) is 21.1. The Morgan fingerprint density at radius 3 is 3.00 bits per heavy atom. The minimum Gasteiger partial charge on any atom is -0.378 e. The number of nitrogens with one attached hydrogen (secondary N) is 1. The Hall–Kier alpha value is -1.58. The summed E-state index contributed by atoms with van der Waals surface area (Å²) in [7, 11) is 0. The van der Waals surface area contributed by atoms with Crippen molar-refractivity contribution in [2.24, 2.45) is 5.73 Å². The zero-order chi connectivity index (χ0) is 12.0.